The Labute approximate surface area is 156 Å². The van der Waals surface area contributed by atoms with Crippen molar-refractivity contribution in [3.05, 3.63) is 30.9 Å². The molecule has 0 radical (unpaired) electrons. The normalized spacial score (nSPS) is 36.5. The molecule has 0 spiro atoms. The third-order valence-corrected chi connectivity index (χ3v) is 7.01. The van der Waals surface area contributed by atoms with Crippen LogP contribution in [0.3, 0.4) is 0 Å². The molecule has 1 aliphatic heterocycles. The summed E-state index contributed by atoms with van der Waals surface area (Å²) in [6.45, 7) is 9.35. The van der Waals surface area contributed by atoms with Crippen molar-refractivity contribution in [1.82, 2.24) is 14.9 Å². The molecule has 1 saturated heterocycles. The van der Waals surface area contributed by atoms with Crippen LogP contribution in [0.4, 0.5) is 0 Å². The van der Waals surface area contributed by atoms with Crippen LogP contribution in [0.25, 0.3) is 0 Å². The molecule has 0 bridgehead atoms. The number of ether oxygens (including phenoxy) is 1. The molecule has 3 aliphatic rings. The van der Waals surface area contributed by atoms with Crippen molar-refractivity contribution in [3.63, 3.8) is 0 Å². The highest BCUT2D eigenvalue weighted by Crippen LogP contribution is 2.56. The van der Waals surface area contributed by atoms with Gasteiger partial charge in [0, 0.05) is 31.4 Å². The van der Waals surface area contributed by atoms with Gasteiger partial charge in [0.2, 0.25) is 0 Å². The van der Waals surface area contributed by atoms with Gasteiger partial charge in [0.05, 0.1) is 12.2 Å². The lowest BCUT2D eigenvalue weighted by atomic mass is 9.55. The van der Waals surface area contributed by atoms with Crippen LogP contribution in [0, 0.1) is 23.2 Å². The standard InChI is InChI=1S/C21H31N3O2/c1-15-5-3-6-21(2)12-19-16(11-18(15)21)17(20(25)26-19)13-22-7-4-9-24-10-8-23-14-24/h8,10,14,16-19,22H,1,3-7,9,11-13H2,2H3/t16-,17-,18+,19+,21-/m0/s1. The fraction of sp³-hybridized carbons (Fsp3) is 0.714. The molecule has 142 valence electrons. The second kappa shape index (κ2) is 7.18. The molecule has 2 heterocycles. The van der Waals surface area contributed by atoms with E-state index in [9.17, 15) is 4.79 Å². The third-order valence-electron chi connectivity index (χ3n) is 7.01. The summed E-state index contributed by atoms with van der Waals surface area (Å²) in [5.74, 6) is 0.940. The van der Waals surface area contributed by atoms with Gasteiger partial charge in [-0.3, -0.25) is 4.79 Å². The lowest BCUT2D eigenvalue weighted by Gasteiger charge is -2.50. The molecule has 2 saturated carbocycles. The van der Waals surface area contributed by atoms with Crippen molar-refractivity contribution in [3.8, 4) is 0 Å². The second-order valence-electron chi connectivity index (χ2n) is 8.76. The Hall–Kier alpha value is -1.62. The van der Waals surface area contributed by atoms with Gasteiger partial charge in [-0.05, 0) is 56.4 Å². The molecule has 1 aromatic rings. The van der Waals surface area contributed by atoms with Gasteiger partial charge in [-0.15, -0.1) is 0 Å². The minimum absolute atomic E-state index is 0.00696. The first-order valence-electron chi connectivity index (χ1n) is 10.1. The Balaban J connectivity index is 1.31. The number of hydrogen-bond acceptors (Lipinski definition) is 4. The predicted octanol–water partition coefficient (Wildman–Crippen LogP) is 3.18. The van der Waals surface area contributed by atoms with Gasteiger partial charge in [0.1, 0.15) is 6.10 Å². The number of nitrogens with one attached hydrogen (secondary N) is 1. The van der Waals surface area contributed by atoms with Crippen LogP contribution in [-0.2, 0) is 16.1 Å². The fourth-order valence-electron chi connectivity index (χ4n) is 5.55. The first-order valence-corrected chi connectivity index (χ1v) is 10.1. The van der Waals surface area contributed by atoms with Gasteiger partial charge in [-0.1, -0.05) is 19.1 Å². The number of carbonyl (C=O) groups excluding carboxylic acids is 1. The summed E-state index contributed by atoms with van der Waals surface area (Å²) < 4.78 is 7.90. The van der Waals surface area contributed by atoms with Gasteiger partial charge in [-0.25, -0.2) is 4.98 Å². The Kier molecular flexibility index (Phi) is 4.91. The van der Waals surface area contributed by atoms with Crippen molar-refractivity contribution in [1.29, 1.82) is 0 Å². The average Bonchev–Trinajstić information content (AvgIpc) is 3.21. The number of nitrogens with zero attached hydrogens (tertiary/aromatic N) is 2. The summed E-state index contributed by atoms with van der Waals surface area (Å²) in [5, 5.41) is 3.49. The van der Waals surface area contributed by atoms with E-state index < -0.39 is 0 Å². The van der Waals surface area contributed by atoms with Crippen molar-refractivity contribution in [2.75, 3.05) is 13.1 Å². The number of allylic oxidation sites excluding steroid dienone is 1. The predicted molar refractivity (Wildman–Crippen MR) is 100 cm³/mol. The Bertz CT molecular complexity index is 656. The van der Waals surface area contributed by atoms with Crippen LogP contribution in [0.5, 0.6) is 0 Å². The first kappa shape index (κ1) is 17.8. The summed E-state index contributed by atoms with van der Waals surface area (Å²) in [7, 11) is 0. The number of hydrogen-bond donors (Lipinski definition) is 1. The molecule has 0 amide bonds. The molecule has 0 unspecified atom stereocenters. The topological polar surface area (TPSA) is 56.1 Å². The van der Waals surface area contributed by atoms with Gasteiger partial charge in [-0.2, -0.15) is 0 Å². The zero-order valence-corrected chi connectivity index (χ0v) is 15.8. The number of imidazole rings is 1. The van der Waals surface area contributed by atoms with Crippen LogP contribution in [0.15, 0.2) is 30.9 Å². The van der Waals surface area contributed by atoms with E-state index in [-0.39, 0.29) is 23.4 Å². The van der Waals surface area contributed by atoms with Crippen LogP contribution >= 0.6 is 0 Å². The highest BCUT2D eigenvalue weighted by atomic mass is 16.6. The van der Waals surface area contributed by atoms with E-state index in [0.29, 0.717) is 11.8 Å². The Morgan fingerprint density at radius 2 is 2.38 bits per heavy atom. The molecule has 4 rings (SSSR count). The third kappa shape index (κ3) is 3.34. The average molecular weight is 357 g/mol. The van der Waals surface area contributed by atoms with Gasteiger partial charge in [0.15, 0.2) is 0 Å². The number of esters is 1. The first-order chi connectivity index (χ1) is 12.6. The molecule has 2 aliphatic carbocycles. The van der Waals surface area contributed by atoms with E-state index in [1.807, 2.05) is 12.5 Å². The molecule has 5 nitrogen and oxygen atoms in total. The Morgan fingerprint density at radius 1 is 1.50 bits per heavy atom. The van der Waals surface area contributed by atoms with Crippen molar-refractivity contribution >= 4 is 5.97 Å². The van der Waals surface area contributed by atoms with E-state index in [1.54, 1.807) is 6.20 Å². The summed E-state index contributed by atoms with van der Waals surface area (Å²) in [5.41, 5.74) is 1.69. The molecule has 5 atom stereocenters. The van der Waals surface area contributed by atoms with Gasteiger partial charge >= 0.3 is 5.97 Å². The monoisotopic (exact) mass is 357 g/mol. The number of fused-ring (bicyclic) bond motifs is 2. The van der Waals surface area contributed by atoms with Crippen LogP contribution in [-0.4, -0.2) is 34.7 Å². The number of aryl methyl sites for hydroxylation is 1. The maximum atomic E-state index is 12.5. The largest absolute Gasteiger partial charge is 0.462 e. The molecular formula is C21H31N3O2. The molecular weight excluding hydrogens is 326 g/mol. The summed E-state index contributed by atoms with van der Waals surface area (Å²) in [6.07, 6.45) is 12.5. The van der Waals surface area contributed by atoms with E-state index in [1.165, 1.54) is 18.4 Å². The molecule has 26 heavy (non-hydrogen) atoms. The van der Waals surface area contributed by atoms with Crippen molar-refractivity contribution < 1.29 is 9.53 Å². The lowest BCUT2D eigenvalue weighted by molar-refractivity contribution is -0.146. The maximum absolute atomic E-state index is 12.5. The molecule has 0 aromatic carbocycles. The van der Waals surface area contributed by atoms with E-state index in [0.717, 1.165) is 45.3 Å². The minimum atomic E-state index is 0.00696. The van der Waals surface area contributed by atoms with Gasteiger partial charge in [0.25, 0.3) is 0 Å². The number of aromatic nitrogens is 2. The van der Waals surface area contributed by atoms with Crippen molar-refractivity contribution in [2.45, 2.75) is 58.1 Å². The quantitative estimate of drug-likeness (QED) is 0.483. The Morgan fingerprint density at radius 3 is 3.19 bits per heavy atom. The molecule has 1 N–H and O–H groups in total. The summed E-state index contributed by atoms with van der Waals surface area (Å²) >= 11 is 0. The molecule has 5 heteroatoms. The smallest absolute Gasteiger partial charge is 0.310 e. The van der Waals surface area contributed by atoms with E-state index in [2.05, 4.69) is 28.4 Å². The van der Waals surface area contributed by atoms with Crippen LogP contribution in [0.1, 0.15) is 45.4 Å². The number of carbonyl (C=O) groups is 1. The van der Waals surface area contributed by atoms with Crippen LogP contribution in [0.2, 0.25) is 0 Å². The highest BCUT2D eigenvalue weighted by molar-refractivity contribution is 5.75. The zero-order valence-electron chi connectivity index (χ0n) is 15.8. The summed E-state index contributed by atoms with van der Waals surface area (Å²) in [4.78, 5) is 16.5. The van der Waals surface area contributed by atoms with E-state index in [4.69, 9.17) is 4.74 Å². The SMILES string of the molecule is C=C1CCC[C@@]2(C)C[C@H]3OC(=O)[C@@H](CNCCCn4ccnc4)[C@@H]3C[C@H]12. The summed E-state index contributed by atoms with van der Waals surface area (Å²) in [6, 6.07) is 0. The molecule has 3 fully saturated rings. The molecule has 1 aromatic heterocycles. The van der Waals surface area contributed by atoms with E-state index >= 15 is 0 Å². The van der Waals surface area contributed by atoms with Gasteiger partial charge < -0.3 is 14.6 Å². The van der Waals surface area contributed by atoms with Crippen LogP contribution < -0.4 is 5.32 Å². The number of rotatable bonds is 6. The highest BCUT2D eigenvalue weighted by Gasteiger charge is 2.54. The second-order valence-corrected chi connectivity index (χ2v) is 8.76. The fourth-order valence-corrected chi connectivity index (χ4v) is 5.55. The zero-order chi connectivity index (χ0) is 18.1. The minimum Gasteiger partial charge on any atom is -0.462 e. The lowest BCUT2D eigenvalue weighted by Crippen LogP contribution is -2.45. The maximum Gasteiger partial charge on any atom is 0.310 e. The van der Waals surface area contributed by atoms with Crippen molar-refractivity contribution in [2.24, 2.45) is 23.2 Å².